The zero-order chi connectivity index (χ0) is 25.6. The monoisotopic (exact) mass is 510 g/mol. The van der Waals surface area contributed by atoms with Crippen molar-refractivity contribution in [2.24, 2.45) is 0 Å². The Labute approximate surface area is 206 Å². The number of H-pyrrole nitrogens is 1. The highest BCUT2D eigenvalue weighted by molar-refractivity contribution is 7.91. The Morgan fingerprint density at radius 1 is 1.08 bits per heavy atom. The molecule has 5 rings (SSSR count). The Hall–Kier alpha value is -3.77. The molecule has 2 aromatic heterocycles. The van der Waals surface area contributed by atoms with Crippen LogP contribution in [0.1, 0.15) is 25.3 Å². The number of piperazine rings is 1. The smallest absolute Gasteiger partial charge is 0.317 e. The predicted octanol–water partition coefficient (Wildman–Crippen LogP) is 1.73. The Balaban J connectivity index is 1.53. The van der Waals surface area contributed by atoms with Gasteiger partial charge in [-0.1, -0.05) is 26.0 Å². The van der Waals surface area contributed by atoms with Gasteiger partial charge in [-0.2, -0.15) is 4.98 Å². The number of nitrogens with zero attached hydrogens (tertiary/aromatic N) is 5. The summed E-state index contributed by atoms with van der Waals surface area (Å²) in [4.78, 5) is 31.9. The summed E-state index contributed by atoms with van der Waals surface area (Å²) in [5, 5.41) is 15.8. The standard InChI is InChI=1S/C24H26N6O5S/c1-15(2)16-3-6-18(7-4-16)36(34,35)24-22-25-23(33)19-8-5-17(13-20(19)30(22)27-26-24)29-11-9-28(10-12-29)14-21(31)32/h3-8,13,15,27H,9-12,14H2,1-2H3,(H,31,32). The van der Waals surface area contributed by atoms with Gasteiger partial charge in [0.05, 0.1) is 22.3 Å². The van der Waals surface area contributed by atoms with Crippen molar-refractivity contribution in [1.29, 1.82) is 0 Å². The number of aromatic nitrogens is 4. The van der Waals surface area contributed by atoms with Crippen LogP contribution in [0.25, 0.3) is 16.6 Å². The molecule has 1 aliphatic heterocycles. The zero-order valence-corrected chi connectivity index (χ0v) is 20.7. The molecule has 36 heavy (non-hydrogen) atoms. The molecule has 0 aliphatic carbocycles. The van der Waals surface area contributed by atoms with Crippen molar-refractivity contribution in [3.8, 4) is 0 Å². The minimum atomic E-state index is -4.03. The van der Waals surface area contributed by atoms with E-state index in [9.17, 15) is 18.0 Å². The summed E-state index contributed by atoms with van der Waals surface area (Å²) in [6.45, 7) is 6.48. The molecule has 0 bridgehead atoms. The number of carbonyl (C=O) groups is 1. The normalized spacial score (nSPS) is 15.2. The lowest BCUT2D eigenvalue weighted by molar-refractivity contribution is -0.138. The highest BCUT2D eigenvalue weighted by atomic mass is 32.2. The van der Waals surface area contributed by atoms with Crippen molar-refractivity contribution in [2.75, 3.05) is 37.6 Å². The van der Waals surface area contributed by atoms with Gasteiger partial charge < -0.3 is 10.0 Å². The lowest BCUT2D eigenvalue weighted by atomic mass is 10.0. The van der Waals surface area contributed by atoms with E-state index in [1.165, 1.54) is 16.6 Å². The Bertz CT molecular complexity index is 1620. The first-order chi connectivity index (χ1) is 17.1. The minimum Gasteiger partial charge on any atom is -0.480 e. The van der Waals surface area contributed by atoms with E-state index in [-0.39, 0.29) is 28.0 Å². The van der Waals surface area contributed by atoms with Crippen LogP contribution >= 0.6 is 0 Å². The third-order valence-electron chi connectivity index (χ3n) is 6.52. The number of aromatic amines is 1. The van der Waals surface area contributed by atoms with Crippen molar-refractivity contribution in [3.63, 3.8) is 0 Å². The summed E-state index contributed by atoms with van der Waals surface area (Å²) >= 11 is 0. The second-order valence-electron chi connectivity index (χ2n) is 9.18. The lowest BCUT2D eigenvalue weighted by Gasteiger charge is -2.35. The molecular formula is C24H26N6O5S. The van der Waals surface area contributed by atoms with E-state index in [1.807, 2.05) is 24.8 Å². The summed E-state index contributed by atoms with van der Waals surface area (Å²) < 4.78 is 28.1. The van der Waals surface area contributed by atoms with Crippen LogP contribution in [0.3, 0.4) is 0 Å². The van der Waals surface area contributed by atoms with Crippen LogP contribution in [0.2, 0.25) is 0 Å². The molecule has 0 amide bonds. The van der Waals surface area contributed by atoms with Gasteiger partial charge in [0, 0.05) is 31.9 Å². The molecule has 0 atom stereocenters. The maximum absolute atomic E-state index is 13.4. The number of carboxylic acid groups (broad SMARTS) is 1. The van der Waals surface area contributed by atoms with Crippen molar-refractivity contribution < 1.29 is 18.3 Å². The Morgan fingerprint density at radius 3 is 2.42 bits per heavy atom. The Morgan fingerprint density at radius 2 is 1.78 bits per heavy atom. The molecule has 188 valence electrons. The average Bonchev–Trinajstić information content (AvgIpc) is 3.29. The maximum atomic E-state index is 13.4. The van der Waals surface area contributed by atoms with Crippen LogP contribution in [-0.2, 0) is 14.6 Å². The van der Waals surface area contributed by atoms with E-state index in [0.29, 0.717) is 37.1 Å². The molecule has 1 aliphatic rings. The molecule has 2 aromatic carbocycles. The zero-order valence-electron chi connectivity index (χ0n) is 19.9. The maximum Gasteiger partial charge on any atom is 0.317 e. The third kappa shape index (κ3) is 4.22. The highest BCUT2D eigenvalue weighted by Crippen LogP contribution is 2.27. The van der Waals surface area contributed by atoms with Gasteiger partial charge in [0.1, 0.15) is 0 Å². The number of nitrogens with one attached hydrogen (secondary N) is 1. The van der Waals surface area contributed by atoms with Crippen LogP contribution in [0.5, 0.6) is 0 Å². The highest BCUT2D eigenvalue weighted by Gasteiger charge is 2.27. The molecular weight excluding hydrogens is 484 g/mol. The number of aliphatic carboxylic acids is 1. The van der Waals surface area contributed by atoms with Crippen LogP contribution in [0, 0.1) is 0 Å². The van der Waals surface area contributed by atoms with Crippen molar-refractivity contribution in [1.82, 2.24) is 24.7 Å². The summed E-state index contributed by atoms with van der Waals surface area (Å²) in [5.74, 6) is -0.599. The number of carboxylic acids is 1. The van der Waals surface area contributed by atoms with Gasteiger partial charge in [-0.25, -0.2) is 18.1 Å². The number of fused-ring (bicyclic) bond motifs is 3. The largest absolute Gasteiger partial charge is 0.480 e. The number of hydrogen-bond donors (Lipinski definition) is 2. The number of anilines is 1. The SMILES string of the molecule is CC(C)c1ccc(S(=O)(=O)c2n[nH]n3c2nc(=O)c2ccc(N4CCN(CC(=O)O)CC4)cc23)cc1. The molecule has 11 nitrogen and oxygen atoms in total. The topological polar surface area (TPSA) is 141 Å². The van der Waals surface area contributed by atoms with Gasteiger partial charge in [-0.15, -0.1) is 5.10 Å². The molecule has 3 heterocycles. The second kappa shape index (κ2) is 9.03. The summed E-state index contributed by atoms with van der Waals surface area (Å²) in [6.07, 6.45) is 0. The van der Waals surface area contributed by atoms with Gasteiger partial charge in [-0.3, -0.25) is 14.5 Å². The van der Waals surface area contributed by atoms with E-state index in [1.54, 1.807) is 24.3 Å². The Kier molecular flexibility index (Phi) is 6.00. The van der Waals surface area contributed by atoms with Crippen LogP contribution < -0.4 is 10.5 Å². The van der Waals surface area contributed by atoms with Crippen molar-refractivity contribution in [3.05, 3.63) is 58.4 Å². The summed E-state index contributed by atoms with van der Waals surface area (Å²) in [6, 6.07) is 11.9. The van der Waals surface area contributed by atoms with Gasteiger partial charge in [0.25, 0.3) is 5.56 Å². The third-order valence-corrected chi connectivity index (χ3v) is 8.20. The van der Waals surface area contributed by atoms with Gasteiger partial charge in [0.15, 0.2) is 5.65 Å². The molecule has 1 saturated heterocycles. The number of rotatable bonds is 6. The average molecular weight is 511 g/mol. The molecule has 0 spiro atoms. The van der Waals surface area contributed by atoms with Crippen LogP contribution in [0.4, 0.5) is 5.69 Å². The fourth-order valence-electron chi connectivity index (χ4n) is 4.47. The van der Waals surface area contributed by atoms with Crippen molar-refractivity contribution in [2.45, 2.75) is 29.7 Å². The molecule has 2 N–H and O–H groups in total. The molecule has 0 saturated carbocycles. The molecule has 4 aromatic rings. The molecule has 0 unspecified atom stereocenters. The first-order valence-corrected chi connectivity index (χ1v) is 13.1. The quantitative estimate of drug-likeness (QED) is 0.397. The summed E-state index contributed by atoms with van der Waals surface area (Å²) in [5.41, 5.74) is 1.69. The second-order valence-corrected chi connectivity index (χ2v) is 11.0. The van der Waals surface area contributed by atoms with Gasteiger partial charge in [-0.05, 0) is 41.8 Å². The molecule has 12 heteroatoms. The summed E-state index contributed by atoms with van der Waals surface area (Å²) in [7, 11) is -4.03. The molecule has 0 radical (unpaired) electrons. The first-order valence-electron chi connectivity index (χ1n) is 11.6. The number of sulfone groups is 1. The van der Waals surface area contributed by atoms with Gasteiger partial charge in [0.2, 0.25) is 14.9 Å². The molecule has 1 fully saturated rings. The lowest BCUT2D eigenvalue weighted by Crippen LogP contribution is -2.48. The predicted molar refractivity (Wildman–Crippen MR) is 133 cm³/mol. The number of hydrogen-bond acceptors (Lipinski definition) is 8. The van der Waals surface area contributed by atoms with E-state index in [4.69, 9.17) is 5.11 Å². The minimum absolute atomic E-state index is 0.00115. The van der Waals surface area contributed by atoms with E-state index >= 15 is 0 Å². The van der Waals surface area contributed by atoms with Gasteiger partial charge >= 0.3 is 5.97 Å². The fourth-order valence-corrected chi connectivity index (χ4v) is 5.73. The van der Waals surface area contributed by atoms with E-state index < -0.39 is 21.4 Å². The first kappa shape index (κ1) is 23.9. The van der Waals surface area contributed by atoms with Crippen molar-refractivity contribution >= 4 is 38.0 Å². The van der Waals surface area contributed by atoms with E-state index in [0.717, 1.165) is 11.3 Å². The fraction of sp³-hybridized carbons (Fsp3) is 0.333. The van der Waals surface area contributed by atoms with Crippen LogP contribution in [-0.4, -0.2) is 76.9 Å². The van der Waals surface area contributed by atoms with E-state index in [2.05, 4.69) is 20.2 Å². The number of benzene rings is 2. The van der Waals surface area contributed by atoms with Crippen LogP contribution in [0.15, 0.2) is 57.2 Å².